The van der Waals surface area contributed by atoms with Crippen LogP contribution in [0, 0.1) is 0 Å². The molecule has 5 rings (SSSR count). The van der Waals surface area contributed by atoms with Crippen molar-refractivity contribution < 1.29 is 8.09 Å². The molecular formula is C24H37FN6OS2. The van der Waals surface area contributed by atoms with Crippen LogP contribution in [0.25, 0.3) is 0 Å². The fraction of sp³-hybridized carbons (Fsp3) is 0.667. The van der Waals surface area contributed by atoms with Gasteiger partial charge in [-0.2, -0.15) is 4.98 Å². The van der Waals surface area contributed by atoms with Gasteiger partial charge in [-0.1, -0.05) is 19.9 Å². The van der Waals surface area contributed by atoms with Crippen molar-refractivity contribution in [3.63, 3.8) is 0 Å². The van der Waals surface area contributed by atoms with E-state index in [0.29, 0.717) is 11.7 Å². The van der Waals surface area contributed by atoms with Gasteiger partial charge in [0, 0.05) is 37.6 Å². The van der Waals surface area contributed by atoms with Crippen molar-refractivity contribution in [1.29, 1.82) is 0 Å². The fourth-order valence-corrected chi connectivity index (χ4v) is 6.70. The van der Waals surface area contributed by atoms with E-state index < -0.39 is 10.8 Å². The second-order valence-corrected chi connectivity index (χ2v) is 11.0. The highest BCUT2D eigenvalue weighted by molar-refractivity contribution is 7.93. The van der Waals surface area contributed by atoms with Crippen LogP contribution in [0.1, 0.15) is 55.4 Å². The third-order valence-corrected chi connectivity index (χ3v) is 8.76. The lowest BCUT2D eigenvalue weighted by Crippen LogP contribution is -2.44. The molecule has 34 heavy (non-hydrogen) atoms. The molecule has 0 radical (unpaired) electrons. The maximum atomic E-state index is 13.6. The number of benzene rings is 1. The fourth-order valence-electron chi connectivity index (χ4n) is 5.18. The van der Waals surface area contributed by atoms with E-state index in [2.05, 4.69) is 38.3 Å². The van der Waals surface area contributed by atoms with Gasteiger partial charge in [0.25, 0.3) is 0 Å². The van der Waals surface area contributed by atoms with Crippen molar-refractivity contribution in [3.8, 4) is 0 Å². The van der Waals surface area contributed by atoms with E-state index in [1.165, 1.54) is 22.3 Å². The van der Waals surface area contributed by atoms with Gasteiger partial charge in [0.1, 0.15) is 0 Å². The van der Waals surface area contributed by atoms with Crippen LogP contribution in [0.15, 0.2) is 11.2 Å². The van der Waals surface area contributed by atoms with Crippen LogP contribution >= 0.6 is 12.3 Å². The van der Waals surface area contributed by atoms with Crippen molar-refractivity contribution in [2.24, 2.45) is 0 Å². The van der Waals surface area contributed by atoms with Crippen molar-refractivity contribution in [1.82, 2.24) is 24.0 Å². The molecule has 1 fully saturated rings. The Balaban J connectivity index is 0.00000133. The van der Waals surface area contributed by atoms with E-state index in [9.17, 15) is 8.09 Å². The minimum Gasteiger partial charge on any atom is -0.322 e. The number of anilines is 2. The number of aryl methyl sites for hydroxylation is 2. The van der Waals surface area contributed by atoms with Gasteiger partial charge in [-0.3, -0.25) is 4.21 Å². The van der Waals surface area contributed by atoms with Gasteiger partial charge in [-0.15, -0.1) is 13.1 Å². The zero-order chi connectivity index (χ0) is 24.1. The Labute approximate surface area is 209 Å². The average molecular weight is 509 g/mol. The summed E-state index contributed by atoms with van der Waals surface area (Å²) in [6.45, 7) is 9.12. The summed E-state index contributed by atoms with van der Waals surface area (Å²) in [6.07, 6.45) is 7.45. The summed E-state index contributed by atoms with van der Waals surface area (Å²) < 4.78 is 27.6. The SMILES string of the molecule is CC.CN1CCN(CCCS(=O)c2nc(Nc3c4c(cc5c3CCC5)CCC4)nn2SF)CC1. The Morgan fingerprint density at radius 1 is 1.06 bits per heavy atom. The lowest BCUT2D eigenvalue weighted by Gasteiger charge is -2.32. The Bertz CT molecular complexity index is 974. The third-order valence-electron chi connectivity index (χ3n) is 6.93. The zero-order valence-corrected chi connectivity index (χ0v) is 22.2. The average Bonchev–Trinajstić information content (AvgIpc) is 3.60. The maximum Gasteiger partial charge on any atom is 0.248 e. The normalized spacial score (nSPS) is 18.8. The number of piperazine rings is 1. The first-order valence-corrected chi connectivity index (χ1v) is 14.6. The minimum absolute atomic E-state index is 0.0381. The van der Waals surface area contributed by atoms with Crippen molar-refractivity contribution in [2.45, 2.75) is 63.9 Å². The van der Waals surface area contributed by atoms with Crippen LogP contribution in [0.4, 0.5) is 15.5 Å². The van der Waals surface area contributed by atoms with Gasteiger partial charge in [0.2, 0.25) is 11.1 Å². The Morgan fingerprint density at radius 2 is 1.71 bits per heavy atom. The third kappa shape index (κ3) is 5.66. The molecule has 1 aliphatic heterocycles. The smallest absolute Gasteiger partial charge is 0.248 e. The molecule has 1 aromatic carbocycles. The molecule has 2 aromatic rings. The molecule has 10 heteroatoms. The molecular weight excluding hydrogens is 471 g/mol. The summed E-state index contributed by atoms with van der Waals surface area (Å²) in [5.41, 5.74) is 6.65. The second kappa shape index (κ2) is 12.0. The summed E-state index contributed by atoms with van der Waals surface area (Å²) in [6, 6.07) is 2.38. The number of hydrogen-bond acceptors (Lipinski definition) is 7. The van der Waals surface area contributed by atoms with Gasteiger partial charge in [0.05, 0.1) is 10.8 Å². The van der Waals surface area contributed by atoms with E-state index >= 15 is 0 Å². The first-order valence-electron chi connectivity index (χ1n) is 12.6. The predicted octanol–water partition coefficient (Wildman–Crippen LogP) is 4.15. The van der Waals surface area contributed by atoms with Crippen LogP contribution in [0.2, 0.25) is 0 Å². The topological polar surface area (TPSA) is 66.3 Å². The molecule has 7 nitrogen and oxygen atoms in total. The number of nitrogens with one attached hydrogen (secondary N) is 1. The van der Waals surface area contributed by atoms with Gasteiger partial charge in [-0.25, -0.2) is 0 Å². The van der Waals surface area contributed by atoms with E-state index in [0.717, 1.165) is 87.4 Å². The summed E-state index contributed by atoms with van der Waals surface area (Å²) in [5.74, 6) is 0.799. The van der Waals surface area contributed by atoms with Crippen LogP contribution in [0.3, 0.4) is 0 Å². The molecule has 1 atom stereocenters. The molecule has 1 unspecified atom stereocenters. The molecule has 3 aliphatic rings. The maximum absolute atomic E-state index is 13.6. The predicted molar refractivity (Wildman–Crippen MR) is 139 cm³/mol. The molecule has 0 spiro atoms. The first kappa shape index (κ1) is 25.6. The first-order chi connectivity index (χ1) is 16.6. The van der Waals surface area contributed by atoms with Crippen LogP contribution in [0.5, 0.6) is 0 Å². The van der Waals surface area contributed by atoms with E-state index in [1.807, 2.05) is 13.8 Å². The van der Waals surface area contributed by atoms with Crippen LogP contribution in [-0.2, 0) is 36.5 Å². The Morgan fingerprint density at radius 3 is 2.32 bits per heavy atom. The van der Waals surface area contributed by atoms with E-state index in [-0.39, 0.29) is 17.5 Å². The molecule has 2 aliphatic carbocycles. The quantitative estimate of drug-likeness (QED) is 0.575. The highest BCUT2D eigenvalue weighted by Crippen LogP contribution is 2.39. The lowest BCUT2D eigenvalue weighted by molar-refractivity contribution is 0.154. The number of aromatic nitrogens is 3. The molecule has 1 aromatic heterocycles. The summed E-state index contributed by atoms with van der Waals surface area (Å²) in [7, 11) is 0.746. The van der Waals surface area contributed by atoms with E-state index in [1.54, 1.807) is 0 Å². The molecule has 1 N–H and O–H groups in total. The number of hydrogen-bond donors (Lipinski definition) is 1. The second-order valence-electron chi connectivity index (χ2n) is 9.07. The highest BCUT2D eigenvalue weighted by Gasteiger charge is 2.26. The summed E-state index contributed by atoms with van der Waals surface area (Å²) in [4.78, 5) is 9.18. The number of likely N-dealkylation sites (N-methyl/N-ethyl adjacent to an activating group) is 1. The Hall–Kier alpha value is -1.49. The summed E-state index contributed by atoms with van der Waals surface area (Å²) >= 11 is -0.0381. The van der Waals surface area contributed by atoms with Crippen molar-refractivity contribution >= 4 is 34.8 Å². The molecule has 0 saturated carbocycles. The molecule has 188 valence electrons. The van der Waals surface area contributed by atoms with Crippen LogP contribution in [-0.4, -0.2) is 73.7 Å². The molecule has 2 heterocycles. The number of fused-ring (bicyclic) bond motifs is 2. The van der Waals surface area contributed by atoms with Gasteiger partial charge in [0.15, 0.2) is 12.3 Å². The highest BCUT2D eigenvalue weighted by atomic mass is 32.2. The van der Waals surface area contributed by atoms with Gasteiger partial charge >= 0.3 is 0 Å². The summed E-state index contributed by atoms with van der Waals surface area (Å²) in [5, 5.41) is 7.87. The van der Waals surface area contributed by atoms with E-state index in [4.69, 9.17) is 0 Å². The Kier molecular flexibility index (Phi) is 9.01. The number of nitrogens with zero attached hydrogens (tertiary/aromatic N) is 5. The largest absolute Gasteiger partial charge is 0.322 e. The van der Waals surface area contributed by atoms with Gasteiger partial charge < -0.3 is 15.1 Å². The van der Waals surface area contributed by atoms with Crippen LogP contribution < -0.4 is 5.32 Å². The van der Waals surface area contributed by atoms with Gasteiger partial charge in [-0.05, 0) is 80.8 Å². The van der Waals surface area contributed by atoms with Crippen molar-refractivity contribution in [2.75, 3.05) is 50.8 Å². The zero-order valence-electron chi connectivity index (χ0n) is 20.6. The molecule has 1 saturated heterocycles. The number of halogens is 1. The standard InChI is InChI=1S/C22H31FN6OS2.C2H6/c1-27-10-12-28(13-11-27)9-4-14-32(30)22-25-21(26-29(22)31-23)24-20-18-7-2-5-16(18)15-17-6-3-8-19(17)20;1-2/h15H,2-14H2,1H3,(H,24,26);1-2H3. The molecule has 0 amide bonds. The monoisotopic (exact) mass is 508 g/mol. The lowest BCUT2D eigenvalue weighted by atomic mass is 9.99. The number of rotatable bonds is 8. The molecule has 0 bridgehead atoms. The van der Waals surface area contributed by atoms with Crippen molar-refractivity contribution in [3.05, 3.63) is 28.3 Å². The minimum atomic E-state index is -1.39.